The molecule has 1 atom stereocenters. The van der Waals surface area contributed by atoms with Crippen molar-refractivity contribution in [1.29, 1.82) is 0 Å². The number of carbonyl (C=O) groups is 1. The molecule has 0 aliphatic heterocycles. The van der Waals surface area contributed by atoms with Crippen molar-refractivity contribution < 1.29 is 14.6 Å². The summed E-state index contributed by atoms with van der Waals surface area (Å²) < 4.78 is 6.33. The molecule has 1 rings (SSSR count). The number of hydrogen-bond donors (Lipinski definition) is 2. The van der Waals surface area contributed by atoms with Crippen molar-refractivity contribution in [2.45, 2.75) is 19.8 Å². The van der Waals surface area contributed by atoms with Gasteiger partial charge >= 0.3 is 5.97 Å². The number of rotatable bonds is 8. The van der Waals surface area contributed by atoms with Crippen molar-refractivity contribution in [2.75, 3.05) is 20.2 Å². The van der Waals surface area contributed by atoms with Gasteiger partial charge in [-0.05, 0) is 49.7 Å². The molecular weight excluding hydrogens is 310 g/mol. The topological polar surface area (TPSA) is 58.6 Å². The number of halogens is 1. The molecule has 1 aromatic carbocycles. The van der Waals surface area contributed by atoms with Gasteiger partial charge in [0.05, 0.1) is 13.0 Å². The summed E-state index contributed by atoms with van der Waals surface area (Å²) in [6.45, 7) is 3.24. The van der Waals surface area contributed by atoms with Gasteiger partial charge in [-0.1, -0.05) is 22.9 Å². The predicted molar refractivity (Wildman–Crippen MR) is 78.7 cm³/mol. The van der Waals surface area contributed by atoms with Crippen LogP contribution in [0.3, 0.4) is 0 Å². The van der Waals surface area contributed by atoms with Crippen LogP contribution in [-0.4, -0.2) is 31.3 Å². The first-order valence-electron chi connectivity index (χ1n) is 6.30. The van der Waals surface area contributed by atoms with E-state index in [9.17, 15) is 4.79 Å². The maximum atomic E-state index is 10.7. The van der Waals surface area contributed by atoms with Crippen molar-refractivity contribution >= 4 is 21.9 Å². The van der Waals surface area contributed by atoms with E-state index < -0.39 is 5.97 Å². The molecule has 0 saturated heterocycles. The largest absolute Gasteiger partial charge is 0.496 e. The number of carboxylic acid groups (broad SMARTS) is 1. The smallest absolute Gasteiger partial charge is 0.306 e. The molecule has 4 nitrogen and oxygen atoms in total. The van der Waals surface area contributed by atoms with Gasteiger partial charge in [-0.25, -0.2) is 0 Å². The van der Waals surface area contributed by atoms with Gasteiger partial charge in [-0.3, -0.25) is 4.79 Å². The highest BCUT2D eigenvalue weighted by atomic mass is 79.9. The second kappa shape index (κ2) is 8.17. The quantitative estimate of drug-likeness (QED) is 0.720. The average Bonchev–Trinajstić information content (AvgIpc) is 2.38. The Bertz CT molecular complexity index is 423. The lowest BCUT2D eigenvalue weighted by atomic mass is 10.1. The molecule has 0 aromatic heterocycles. The Kier molecular flexibility index (Phi) is 6.87. The first kappa shape index (κ1) is 16.0. The van der Waals surface area contributed by atoms with Crippen LogP contribution in [0.4, 0.5) is 0 Å². The Labute approximate surface area is 122 Å². The van der Waals surface area contributed by atoms with Gasteiger partial charge in [0.15, 0.2) is 0 Å². The maximum Gasteiger partial charge on any atom is 0.306 e. The average molecular weight is 330 g/mol. The van der Waals surface area contributed by atoms with Crippen molar-refractivity contribution in [3.63, 3.8) is 0 Å². The summed E-state index contributed by atoms with van der Waals surface area (Å²) in [6.07, 6.45) is 1.50. The van der Waals surface area contributed by atoms with Gasteiger partial charge < -0.3 is 15.2 Å². The fourth-order valence-corrected chi connectivity index (χ4v) is 2.14. The predicted octanol–water partition coefficient (Wildman–Crippen LogP) is 2.70. The molecule has 0 spiro atoms. The van der Waals surface area contributed by atoms with Crippen LogP contribution in [0.2, 0.25) is 0 Å². The van der Waals surface area contributed by atoms with E-state index in [0.717, 1.165) is 28.8 Å². The Morgan fingerprint density at radius 1 is 1.47 bits per heavy atom. The minimum atomic E-state index is -0.740. The van der Waals surface area contributed by atoms with Crippen LogP contribution in [0.15, 0.2) is 22.7 Å². The lowest BCUT2D eigenvalue weighted by Gasteiger charge is -2.10. The van der Waals surface area contributed by atoms with E-state index >= 15 is 0 Å². The molecule has 0 bridgehead atoms. The molecule has 2 N–H and O–H groups in total. The van der Waals surface area contributed by atoms with E-state index in [-0.39, 0.29) is 5.92 Å². The standard InChI is InChI=1S/C14H20BrNO3/c1-10(14(17)18)5-7-16-8-6-11-9-12(15)3-4-13(11)19-2/h3-4,9-10,16H,5-8H2,1-2H3,(H,17,18). The molecular formula is C14H20BrNO3. The summed E-state index contributed by atoms with van der Waals surface area (Å²) in [5, 5.41) is 12.0. The van der Waals surface area contributed by atoms with E-state index in [0.29, 0.717) is 13.0 Å². The third kappa shape index (κ3) is 5.61. The molecule has 5 heteroatoms. The van der Waals surface area contributed by atoms with E-state index in [1.807, 2.05) is 18.2 Å². The second-order valence-corrected chi connectivity index (χ2v) is 5.40. The Morgan fingerprint density at radius 2 is 2.21 bits per heavy atom. The molecule has 0 aliphatic carbocycles. The highest BCUT2D eigenvalue weighted by molar-refractivity contribution is 9.10. The number of hydrogen-bond acceptors (Lipinski definition) is 3. The molecule has 1 aromatic rings. The molecule has 0 heterocycles. The van der Waals surface area contributed by atoms with Crippen LogP contribution in [0.1, 0.15) is 18.9 Å². The van der Waals surface area contributed by atoms with Crippen molar-refractivity contribution in [3.05, 3.63) is 28.2 Å². The van der Waals surface area contributed by atoms with Crippen LogP contribution >= 0.6 is 15.9 Å². The zero-order valence-corrected chi connectivity index (χ0v) is 12.9. The first-order chi connectivity index (χ1) is 9.04. The van der Waals surface area contributed by atoms with E-state index in [2.05, 4.69) is 21.2 Å². The Balaban J connectivity index is 2.33. The van der Waals surface area contributed by atoms with Gasteiger partial charge in [-0.2, -0.15) is 0 Å². The van der Waals surface area contributed by atoms with Crippen LogP contribution < -0.4 is 10.1 Å². The molecule has 0 amide bonds. The van der Waals surface area contributed by atoms with Gasteiger partial charge in [-0.15, -0.1) is 0 Å². The van der Waals surface area contributed by atoms with Crippen LogP contribution in [0.5, 0.6) is 5.75 Å². The Morgan fingerprint density at radius 3 is 2.84 bits per heavy atom. The molecule has 0 saturated carbocycles. The van der Waals surface area contributed by atoms with Crippen molar-refractivity contribution in [1.82, 2.24) is 5.32 Å². The zero-order valence-electron chi connectivity index (χ0n) is 11.3. The number of aliphatic carboxylic acids is 1. The summed E-state index contributed by atoms with van der Waals surface area (Å²) in [5.74, 6) is -0.160. The second-order valence-electron chi connectivity index (χ2n) is 4.48. The number of benzene rings is 1. The van der Waals surface area contributed by atoms with Gasteiger partial charge in [0.2, 0.25) is 0 Å². The number of nitrogens with one attached hydrogen (secondary N) is 1. The van der Waals surface area contributed by atoms with Crippen LogP contribution in [0.25, 0.3) is 0 Å². The molecule has 0 radical (unpaired) electrons. The summed E-state index contributed by atoms with van der Waals surface area (Å²) in [6, 6.07) is 5.93. The minimum absolute atomic E-state index is 0.298. The van der Waals surface area contributed by atoms with Crippen LogP contribution in [-0.2, 0) is 11.2 Å². The molecule has 1 unspecified atom stereocenters. The zero-order chi connectivity index (χ0) is 14.3. The van der Waals surface area contributed by atoms with E-state index in [4.69, 9.17) is 9.84 Å². The number of carboxylic acids is 1. The third-order valence-corrected chi connectivity index (χ3v) is 3.48. The van der Waals surface area contributed by atoms with E-state index in [1.54, 1.807) is 14.0 Å². The Hall–Kier alpha value is -1.07. The van der Waals surface area contributed by atoms with Crippen molar-refractivity contribution in [3.8, 4) is 5.75 Å². The fraction of sp³-hybridized carbons (Fsp3) is 0.500. The maximum absolute atomic E-state index is 10.7. The third-order valence-electron chi connectivity index (χ3n) is 2.99. The highest BCUT2D eigenvalue weighted by Gasteiger charge is 2.09. The summed E-state index contributed by atoms with van der Waals surface area (Å²) >= 11 is 3.44. The summed E-state index contributed by atoms with van der Waals surface area (Å²) in [5.41, 5.74) is 1.13. The molecule has 0 aliphatic rings. The summed E-state index contributed by atoms with van der Waals surface area (Å²) in [4.78, 5) is 10.7. The molecule has 0 fully saturated rings. The monoisotopic (exact) mass is 329 g/mol. The minimum Gasteiger partial charge on any atom is -0.496 e. The lowest BCUT2D eigenvalue weighted by Crippen LogP contribution is -2.22. The highest BCUT2D eigenvalue weighted by Crippen LogP contribution is 2.23. The van der Waals surface area contributed by atoms with Gasteiger partial charge in [0, 0.05) is 4.47 Å². The van der Waals surface area contributed by atoms with Gasteiger partial charge in [0.1, 0.15) is 5.75 Å². The molecule has 106 valence electrons. The fourth-order valence-electron chi connectivity index (χ4n) is 1.73. The lowest BCUT2D eigenvalue weighted by molar-refractivity contribution is -0.141. The summed E-state index contributed by atoms with van der Waals surface area (Å²) in [7, 11) is 1.66. The van der Waals surface area contributed by atoms with Crippen molar-refractivity contribution in [2.24, 2.45) is 5.92 Å². The normalized spacial score (nSPS) is 12.2. The van der Waals surface area contributed by atoms with E-state index in [1.165, 1.54) is 0 Å². The number of ether oxygens (including phenoxy) is 1. The van der Waals surface area contributed by atoms with Gasteiger partial charge in [0.25, 0.3) is 0 Å². The first-order valence-corrected chi connectivity index (χ1v) is 7.10. The van der Waals surface area contributed by atoms with Crippen LogP contribution in [0, 0.1) is 5.92 Å². The number of methoxy groups -OCH3 is 1. The SMILES string of the molecule is COc1ccc(Br)cc1CCNCCC(C)C(=O)O. The molecule has 19 heavy (non-hydrogen) atoms.